The first-order chi connectivity index (χ1) is 9.13. The summed E-state index contributed by atoms with van der Waals surface area (Å²) >= 11 is 0. The first-order valence-corrected chi connectivity index (χ1v) is 6.83. The van der Waals surface area contributed by atoms with E-state index in [9.17, 15) is 14.6 Å². The number of hydrogen-bond acceptors (Lipinski definition) is 3. The Kier molecular flexibility index (Phi) is 4.77. The summed E-state index contributed by atoms with van der Waals surface area (Å²) in [5.41, 5.74) is 0.138. The predicted octanol–water partition coefficient (Wildman–Crippen LogP) is 2.81. The molecule has 19 heavy (non-hydrogen) atoms. The molecule has 1 saturated carbocycles. The summed E-state index contributed by atoms with van der Waals surface area (Å²) in [4.78, 5) is 0. The Hall–Kier alpha value is -1.13. The van der Waals surface area contributed by atoms with Gasteiger partial charge in [0, 0.05) is 11.6 Å². The molecule has 2 unspecified atom stereocenters. The van der Waals surface area contributed by atoms with E-state index in [0.717, 1.165) is 25.7 Å². The highest BCUT2D eigenvalue weighted by molar-refractivity contribution is 5.30. The summed E-state index contributed by atoms with van der Waals surface area (Å²) < 4.78 is 18.8. The summed E-state index contributed by atoms with van der Waals surface area (Å²) in [6.45, 7) is 0. The fourth-order valence-corrected chi connectivity index (χ4v) is 2.79. The van der Waals surface area contributed by atoms with Gasteiger partial charge in [-0.3, -0.25) is 0 Å². The molecule has 4 heteroatoms. The summed E-state index contributed by atoms with van der Waals surface area (Å²) in [5.74, 6) is -0.0763. The Labute approximate surface area is 113 Å². The van der Waals surface area contributed by atoms with Crippen LogP contribution in [-0.2, 0) is 0 Å². The zero-order valence-corrected chi connectivity index (χ0v) is 11.2. The van der Waals surface area contributed by atoms with Crippen LogP contribution in [-0.4, -0.2) is 23.4 Å². The van der Waals surface area contributed by atoms with Gasteiger partial charge in [-0.2, -0.15) is 0 Å². The van der Waals surface area contributed by atoms with Crippen molar-refractivity contribution in [1.82, 2.24) is 0 Å². The summed E-state index contributed by atoms with van der Waals surface area (Å²) in [7, 11) is 1.46. The van der Waals surface area contributed by atoms with Crippen LogP contribution in [0.3, 0.4) is 0 Å². The van der Waals surface area contributed by atoms with Crippen LogP contribution in [0.25, 0.3) is 0 Å². The largest absolute Gasteiger partial charge is 0.497 e. The lowest BCUT2D eigenvalue weighted by Crippen LogP contribution is -2.29. The Balaban J connectivity index is 2.11. The van der Waals surface area contributed by atoms with Gasteiger partial charge in [0.05, 0.1) is 13.2 Å². The third-order valence-electron chi connectivity index (χ3n) is 3.98. The molecule has 0 radical (unpaired) electrons. The Morgan fingerprint density at radius 2 is 1.89 bits per heavy atom. The van der Waals surface area contributed by atoms with Crippen LogP contribution in [0, 0.1) is 11.7 Å². The minimum Gasteiger partial charge on any atom is -0.497 e. The molecule has 2 atom stereocenters. The molecule has 0 heterocycles. The maximum Gasteiger partial charge on any atom is 0.132 e. The maximum atomic E-state index is 13.9. The lowest BCUT2D eigenvalue weighted by molar-refractivity contribution is -0.0301. The second-order valence-electron chi connectivity index (χ2n) is 5.22. The molecule has 1 fully saturated rings. The minimum atomic E-state index is -1.17. The Morgan fingerprint density at radius 3 is 2.47 bits per heavy atom. The third-order valence-corrected chi connectivity index (χ3v) is 3.98. The lowest BCUT2D eigenvalue weighted by atomic mass is 9.82. The van der Waals surface area contributed by atoms with E-state index in [1.165, 1.54) is 25.7 Å². The highest BCUT2D eigenvalue weighted by Crippen LogP contribution is 2.33. The molecule has 2 N–H and O–H groups in total. The molecule has 1 aromatic carbocycles. The van der Waals surface area contributed by atoms with Crippen LogP contribution in [0.4, 0.5) is 4.39 Å². The van der Waals surface area contributed by atoms with Crippen molar-refractivity contribution in [3.63, 3.8) is 0 Å². The van der Waals surface area contributed by atoms with Gasteiger partial charge in [-0.1, -0.05) is 19.3 Å². The molecule has 0 bridgehead atoms. The number of methoxy groups -OCH3 is 1. The quantitative estimate of drug-likeness (QED) is 0.882. The standard InChI is InChI=1S/C15H21FO3/c1-19-11-7-8-12(13(16)9-11)15(18)14(17)10-5-3-2-4-6-10/h7-10,14-15,17-18H,2-6H2,1H3. The first kappa shape index (κ1) is 14.3. The lowest BCUT2D eigenvalue weighted by Gasteiger charge is -2.30. The molecule has 3 nitrogen and oxygen atoms in total. The molecule has 0 aromatic heterocycles. The van der Waals surface area contributed by atoms with Gasteiger partial charge in [0.1, 0.15) is 17.7 Å². The van der Waals surface area contributed by atoms with E-state index in [2.05, 4.69) is 0 Å². The van der Waals surface area contributed by atoms with Crippen LogP contribution in [0.1, 0.15) is 43.8 Å². The van der Waals surface area contributed by atoms with Gasteiger partial charge in [0.2, 0.25) is 0 Å². The average Bonchev–Trinajstić information content (AvgIpc) is 2.46. The minimum absolute atomic E-state index is 0.0604. The molecular formula is C15H21FO3. The molecule has 0 aliphatic heterocycles. The average molecular weight is 268 g/mol. The van der Waals surface area contributed by atoms with E-state index in [0.29, 0.717) is 5.75 Å². The summed E-state index contributed by atoms with van der Waals surface area (Å²) in [5, 5.41) is 20.4. The van der Waals surface area contributed by atoms with Crippen molar-refractivity contribution in [1.29, 1.82) is 0 Å². The van der Waals surface area contributed by atoms with E-state index >= 15 is 0 Å². The van der Waals surface area contributed by atoms with Gasteiger partial charge in [-0.05, 0) is 30.9 Å². The molecule has 106 valence electrons. The van der Waals surface area contributed by atoms with Crippen molar-refractivity contribution in [3.05, 3.63) is 29.6 Å². The molecule has 1 aliphatic rings. The Morgan fingerprint density at radius 1 is 1.21 bits per heavy atom. The topological polar surface area (TPSA) is 49.7 Å². The van der Waals surface area contributed by atoms with E-state index in [4.69, 9.17) is 4.74 Å². The molecular weight excluding hydrogens is 247 g/mol. The normalized spacial score (nSPS) is 20.0. The van der Waals surface area contributed by atoms with Crippen LogP contribution < -0.4 is 4.74 Å². The fourth-order valence-electron chi connectivity index (χ4n) is 2.79. The number of aliphatic hydroxyl groups excluding tert-OH is 2. The molecule has 2 rings (SSSR count). The second-order valence-corrected chi connectivity index (χ2v) is 5.22. The second kappa shape index (κ2) is 6.35. The van der Waals surface area contributed by atoms with Gasteiger partial charge >= 0.3 is 0 Å². The van der Waals surface area contributed by atoms with Gasteiger partial charge in [0.25, 0.3) is 0 Å². The molecule has 0 spiro atoms. The number of benzene rings is 1. The Bertz CT molecular complexity index is 416. The smallest absolute Gasteiger partial charge is 0.132 e. The van der Waals surface area contributed by atoms with Crippen LogP contribution >= 0.6 is 0 Å². The van der Waals surface area contributed by atoms with Crippen molar-refractivity contribution < 1.29 is 19.3 Å². The first-order valence-electron chi connectivity index (χ1n) is 6.83. The van der Waals surface area contributed by atoms with E-state index in [1.807, 2.05) is 0 Å². The number of rotatable bonds is 4. The zero-order chi connectivity index (χ0) is 13.8. The monoisotopic (exact) mass is 268 g/mol. The van der Waals surface area contributed by atoms with Gasteiger partial charge in [-0.15, -0.1) is 0 Å². The van der Waals surface area contributed by atoms with Crippen molar-refractivity contribution in [2.45, 2.75) is 44.3 Å². The molecule has 1 aromatic rings. The van der Waals surface area contributed by atoms with E-state index < -0.39 is 18.0 Å². The zero-order valence-electron chi connectivity index (χ0n) is 11.2. The maximum absolute atomic E-state index is 13.9. The highest BCUT2D eigenvalue weighted by atomic mass is 19.1. The molecule has 0 amide bonds. The van der Waals surface area contributed by atoms with E-state index in [1.54, 1.807) is 6.07 Å². The van der Waals surface area contributed by atoms with Crippen molar-refractivity contribution in [3.8, 4) is 5.75 Å². The number of aliphatic hydroxyl groups is 2. The van der Waals surface area contributed by atoms with Gasteiger partial charge in [-0.25, -0.2) is 4.39 Å². The third kappa shape index (κ3) is 3.25. The molecule has 0 saturated heterocycles. The van der Waals surface area contributed by atoms with Crippen molar-refractivity contribution >= 4 is 0 Å². The number of hydrogen-bond donors (Lipinski definition) is 2. The SMILES string of the molecule is COc1ccc(C(O)C(O)C2CCCCC2)c(F)c1. The van der Waals surface area contributed by atoms with Gasteiger partial charge in [0.15, 0.2) is 0 Å². The molecule has 1 aliphatic carbocycles. The van der Waals surface area contributed by atoms with Gasteiger partial charge < -0.3 is 14.9 Å². The predicted molar refractivity (Wildman–Crippen MR) is 70.5 cm³/mol. The van der Waals surface area contributed by atoms with Crippen molar-refractivity contribution in [2.75, 3.05) is 7.11 Å². The van der Waals surface area contributed by atoms with E-state index in [-0.39, 0.29) is 11.5 Å². The fraction of sp³-hybridized carbons (Fsp3) is 0.600. The number of ether oxygens (including phenoxy) is 1. The van der Waals surface area contributed by atoms with Crippen molar-refractivity contribution in [2.24, 2.45) is 5.92 Å². The summed E-state index contributed by atoms with van der Waals surface area (Å²) in [6.07, 6.45) is 3.04. The highest BCUT2D eigenvalue weighted by Gasteiger charge is 2.30. The number of halogens is 1. The summed E-state index contributed by atoms with van der Waals surface area (Å²) in [6, 6.07) is 4.30. The van der Waals surface area contributed by atoms with Crippen LogP contribution in [0.2, 0.25) is 0 Å². The van der Waals surface area contributed by atoms with Crippen LogP contribution in [0.5, 0.6) is 5.75 Å². The van der Waals surface area contributed by atoms with Crippen LogP contribution in [0.15, 0.2) is 18.2 Å².